The van der Waals surface area contributed by atoms with E-state index >= 15 is 0 Å². The van der Waals surface area contributed by atoms with Gasteiger partial charge in [0, 0.05) is 32.7 Å². The molecule has 1 amide bonds. The fourth-order valence-corrected chi connectivity index (χ4v) is 3.56. The fraction of sp³-hybridized carbons (Fsp3) is 0.444. The number of likely N-dealkylation sites (tertiary alicyclic amines) is 1. The van der Waals surface area contributed by atoms with Crippen molar-refractivity contribution < 1.29 is 19.4 Å². The van der Waals surface area contributed by atoms with Gasteiger partial charge in [-0.25, -0.2) is 4.79 Å². The van der Waals surface area contributed by atoms with Crippen LogP contribution < -0.4 is 11.2 Å². The molecule has 1 aromatic heterocycles. The average molecular weight is 375 g/mol. The van der Waals surface area contributed by atoms with Gasteiger partial charge in [-0.15, -0.1) is 0 Å². The Kier molecular flexibility index (Phi) is 5.41. The fourth-order valence-electron chi connectivity index (χ4n) is 3.56. The summed E-state index contributed by atoms with van der Waals surface area (Å²) >= 11 is 0. The van der Waals surface area contributed by atoms with Crippen molar-refractivity contribution in [2.45, 2.75) is 38.0 Å². The molecule has 2 atom stereocenters. The first-order chi connectivity index (χ1) is 12.9. The first kappa shape index (κ1) is 18.8. The molecule has 2 N–H and O–H groups in total. The number of fused-ring (bicyclic) bond motifs is 1. The molecule has 144 valence electrons. The molecule has 0 spiro atoms. The topological polar surface area (TPSA) is 122 Å². The quantitative estimate of drug-likeness (QED) is 0.742. The van der Waals surface area contributed by atoms with Gasteiger partial charge in [-0.1, -0.05) is 12.1 Å². The van der Waals surface area contributed by atoms with E-state index in [1.54, 1.807) is 24.3 Å². The van der Waals surface area contributed by atoms with Gasteiger partial charge < -0.3 is 14.7 Å². The lowest BCUT2D eigenvalue weighted by Crippen LogP contribution is -2.38. The molecular formula is C18H21N3O6. The second-order valence-electron chi connectivity index (χ2n) is 6.57. The number of H-pyrrole nitrogens is 1. The van der Waals surface area contributed by atoms with Gasteiger partial charge in [0.1, 0.15) is 0 Å². The van der Waals surface area contributed by atoms with Crippen LogP contribution in [0, 0.1) is 0 Å². The number of aromatic nitrogens is 2. The third kappa shape index (κ3) is 3.92. The van der Waals surface area contributed by atoms with Crippen LogP contribution >= 0.6 is 0 Å². The number of carbonyl (C=O) groups is 2. The average Bonchev–Trinajstić information content (AvgIpc) is 3.03. The Bertz CT molecular complexity index is 979. The number of carboxylic acid groups (broad SMARTS) is 1. The van der Waals surface area contributed by atoms with Crippen LogP contribution in [0.5, 0.6) is 0 Å². The lowest BCUT2D eigenvalue weighted by molar-refractivity contribution is -0.140. The molecule has 1 aliphatic heterocycles. The summed E-state index contributed by atoms with van der Waals surface area (Å²) in [6.07, 6.45) is 0.140. The van der Waals surface area contributed by atoms with Crippen molar-refractivity contribution in [2.75, 3.05) is 13.7 Å². The molecule has 1 saturated heterocycles. The highest BCUT2D eigenvalue weighted by Crippen LogP contribution is 2.23. The molecule has 0 aliphatic carbocycles. The van der Waals surface area contributed by atoms with Crippen LogP contribution in [0.1, 0.15) is 19.3 Å². The Hall–Kier alpha value is -2.94. The van der Waals surface area contributed by atoms with Crippen LogP contribution in [0.15, 0.2) is 33.9 Å². The molecule has 3 rings (SSSR count). The van der Waals surface area contributed by atoms with Crippen LogP contribution in [0.4, 0.5) is 0 Å². The number of aliphatic carboxylic acids is 1. The van der Waals surface area contributed by atoms with Gasteiger partial charge in [-0.3, -0.25) is 23.9 Å². The zero-order valence-electron chi connectivity index (χ0n) is 14.9. The van der Waals surface area contributed by atoms with Crippen LogP contribution in [0.25, 0.3) is 10.9 Å². The van der Waals surface area contributed by atoms with Gasteiger partial charge in [0.15, 0.2) is 0 Å². The van der Waals surface area contributed by atoms with E-state index in [9.17, 15) is 19.2 Å². The molecule has 1 aromatic carbocycles. The number of benzene rings is 1. The van der Waals surface area contributed by atoms with Crippen molar-refractivity contribution in [3.8, 4) is 0 Å². The van der Waals surface area contributed by atoms with Crippen LogP contribution in [-0.2, 0) is 20.9 Å². The molecular weight excluding hydrogens is 354 g/mol. The molecule has 9 nitrogen and oxygen atoms in total. The van der Waals surface area contributed by atoms with Crippen LogP contribution in [-0.4, -0.2) is 57.2 Å². The number of hydrogen-bond donors (Lipinski definition) is 2. The number of amides is 1. The third-order valence-electron chi connectivity index (χ3n) is 4.89. The molecule has 2 aromatic rings. The molecule has 2 heterocycles. The number of carboxylic acids is 1. The number of aryl methyl sites for hydroxylation is 1. The van der Waals surface area contributed by atoms with E-state index in [2.05, 4.69) is 4.98 Å². The smallest absolute Gasteiger partial charge is 0.328 e. The molecule has 2 unspecified atom stereocenters. The minimum absolute atomic E-state index is 0.0164. The summed E-state index contributed by atoms with van der Waals surface area (Å²) < 4.78 is 6.63. The minimum atomic E-state index is -0.975. The van der Waals surface area contributed by atoms with E-state index in [1.165, 1.54) is 16.6 Å². The Balaban J connectivity index is 1.79. The van der Waals surface area contributed by atoms with E-state index in [1.807, 2.05) is 0 Å². The summed E-state index contributed by atoms with van der Waals surface area (Å²) in [5, 5.41) is 9.43. The number of methoxy groups -OCH3 is 1. The van der Waals surface area contributed by atoms with E-state index in [-0.39, 0.29) is 31.4 Å². The first-order valence-corrected chi connectivity index (χ1v) is 8.66. The summed E-state index contributed by atoms with van der Waals surface area (Å²) in [5.41, 5.74) is -0.593. The number of nitrogens with one attached hydrogen (secondary N) is 1. The Morgan fingerprint density at radius 3 is 2.74 bits per heavy atom. The van der Waals surface area contributed by atoms with Gasteiger partial charge in [-0.05, 0) is 18.6 Å². The lowest BCUT2D eigenvalue weighted by atomic mass is 10.1. The molecule has 0 bridgehead atoms. The normalized spacial score (nSPS) is 19.5. The number of aromatic amines is 1. The van der Waals surface area contributed by atoms with Crippen molar-refractivity contribution in [1.82, 2.24) is 14.5 Å². The van der Waals surface area contributed by atoms with E-state index in [0.29, 0.717) is 23.9 Å². The van der Waals surface area contributed by atoms with Crippen molar-refractivity contribution in [1.29, 1.82) is 0 Å². The van der Waals surface area contributed by atoms with E-state index < -0.39 is 23.3 Å². The van der Waals surface area contributed by atoms with Gasteiger partial charge in [0.25, 0.3) is 5.56 Å². The maximum absolute atomic E-state index is 12.7. The van der Waals surface area contributed by atoms with Crippen LogP contribution in [0.3, 0.4) is 0 Å². The van der Waals surface area contributed by atoms with E-state index in [0.717, 1.165) is 0 Å². The first-order valence-electron chi connectivity index (χ1n) is 8.66. The maximum atomic E-state index is 12.7. The zero-order valence-corrected chi connectivity index (χ0v) is 14.9. The minimum Gasteiger partial charge on any atom is -0.481 e. The predicted octanol–water partition coefficient (Wildman–Crippen LogP) is 0.171. The Morgan fingerprint density at radius 1 is 1.30 bits per heavy atom. The number of nitrogens with zero attached hydrogens (tertiary/aromatic N) is 2. The second kappa shape index (κ2) is 7.75. The number of carbonyl (C=O) groups excluding carboxylic acids is 1. The zero-order chi connectivity index (χ0) is 19.6. The highest BCUT2D eigenvalue weighted by molar-refractivity contribution is 5.79. The van der Waals surface area contributed by atoms with Crippen molar-refractivity contribution >= 4 is 22.8 Å². The lowest BCUT2D eigenvalue weighted by Gasteiger charge is -2.23. The second-order valence-corrected chi connectivity index (χ2v) is 6.57. The Labute approximate surface area is 154 Å². The Morgan fingerprint density at radius 2 is 2.04 bits per heavy atom. The summed E-state index contributed by atoms with van der Waals surface area (Å²) in [7, 11) is 1.53. The van der Waals surface area contributed by atoms with Crippen LogP contribution in [0.2, 0.25) is 0 Å². The molecule has 1 aliphatic rings. The number of hydrogen-bond acceptors (Lipinski definition) is 5. The van der Waals surface area contributed by atoms with Gasteiger partial charge >= 0.3 is 11.7 Å². The summed E-state index contributed by atoms with van der Waals surface area (Å²) in [5.74, 6) is -1.22. The molecule has 0 saturated carbocycles. The highest BCUT2D eigenvalue weighted by Gasteiger charge is 2.36. The van der Waals surface area contributed by atoms with Crippen molar-refractivity contribution in [2.24, 2.45) is 0 Å². The predicted molar refractivity (Wildman–Crippen MR) is 96.6 cm³/mol. The largest absolute Gasteiger partial charge is 0.481 e. The summed E-state index contributed by atoms with van der Waals surface area (Å²) in [6.45, 7) is 0.414. The standard InChI is InChI=1S/C18H21N3O6/c1-27-12-8-11(9-16(23)24)21(10-12)15(22)6-7-20-14-5-3-2-4-13(14)17(25)19-18(20)26/h2-5,11-12H,6-10H2,1H3,(H,23,24)(H,19,25,26). The maximum Gasteiger partial charge on any atom is 0.328 e. The van der Waals surface area contributed by atoms with Gasteiger partial charge in [0.05, 0.1) is 23.4 Å². The van der Waals surface area contributed by atoms with E-state index in [4.69, 9.17) is 9.84 Å². The molecule has 0 radical (unpaired) electrons. The number of rotatable bonds is 6. The third-order valence-corrected chi connectivity index (χ3v) is 4.89. The van der Waals surface area contributed by atoms with Gasteiger partial charge in [0.2, 0.25) is 5.91 Å². The van der Waals surface area contributed by atoms with Crippen molar-refractivity contribution in [3.63, 3.8) is 0 Å². The molecule has 1 fully saturated rings. The highest BCUT2D eigenvalue weighted by atomic mass is 16.5. The number of para-hydroxylation sites is 1. The monoisotopic (exact) mass is 375 g/mol. The van der Waals surface area contributed by atoms with Crippen molar-refractivity contribution in [3.05, 3.63) is 45.1 Å². The summed E-state index contributed by atoms with van der Waals surface area (Å²) in [6, 6.07) is 6.25. The molecule has 9 heteroatoms. The number of ether oxygens (including phenoxy) is 1. The molecule has 27 heavy (non-hydrogen) atoms. The SMILES string of the molecule is COC1CC(CC(=O)O)N(C(=O)CCn2c(=O)[nH]c(=O)c3ccccc32)C1. The summed E-state index contributed by atoms with van der Waals surface area (Å²) in [4.78, 5) is 51.6. The van der Waals surface area contributed by atoms with Gasteiger partial charge in [-0.2, -0.15) is 0 Å².